The fourth-order valence-electron chi connectivity index (χ4n) is 7.27. The molecule has 0 spiro atoms. The first kappa shape index (κ1) is 28.7. The highest BCUT2D eigenvalue weighted by Crippen LogP contribution is 2.49. The first-order chi connectivity index (χ1) is 23.3. The summed E-state index contributed by atoms with van der Waals surface area (Å²) in [7, 11) is 0. The van der Waals surface area contributed by atoms with E-state index in [9.17, 15) is 4.79 Å². The van der Waals surface area contributed by atoms with Gasteiger partial charge in [0.25, 0.3) is 0 Å². The van der Waals surface area contributed by atoms with Gasteiger partial charge < -0.3 is 19.3 Å². The van der Waals surface area contributed by atoms with E-state index < -0.39 is 5.60 Å². The molecule has 1 amide bonds. The van der Waals surface area contributed by atoms with E-state index in [1.54, 1.807) is 12.4 Å². The number of nitrogens with one attached hydrogen (secondary N) is 2. The Bertz CT molecular complexity index is 2080. The van der Waals surface area contributed by atoms with Crippen LogP contribution in [0.1, 0.15) is 27.2 Å². The predicted molar refractivity (Wildman–Crippen MR) is 182 cm³/mol. The zero-order valence-electron chi connectivity index (χ0n) is 27.0. The number of benzene rings is 2. The molecule has 9 rings (SSSR count). The van der Waals surface area contributed by atoms with Gasteiger partial charge in [-0.25, -0.2) is 14.8 Å². The Labute approximate surface area is 276 Å². The number of fused-ring (bicyclic) bond motifs is 6. The van der Waals surface area contributed by atoms with Crippen molar-refractivity contribution in [1.82, 2.24) is 40.2 Å². The highest BCUT2D eigenvalue weighted by molar-refractivity contribution is 5.86. The highest BCUT2D eigenvalue weighted by Gasteiger charge is 2.46. The minimum absolute atomic E-state index is 0.182. The Hall–Kier alpha value is -5.49. The fourth-order valence-corrected chi connectivity index (χ4v) is 7.27. The molecule has 0 aliphatic carbocycles. The number of rotatable bonds is 5. The molecule has 2 N–H and O–H groups in total. The molecule has 2 saturated heterocycles. The maximum absolute atomic E-state index is 12.8. The summed E-state index contributed by atoms with van der Waals surface area (Å²) in [6.45, 7) is 8.92. The average Bonchev–Trinajstić information content (AvgIpc) is 3.89. The highest BCUT2D eigenvalue weighted by atomic mass is 16.6. The number of carbonyl (C=O) groups excluding carboxylic acids is 1. The van der Waals surface area contributed by atoms with Crippen LogP contribution in [-0.4, -0.2) is 90.1 Å². The third-order valence-corrected chi connectivity index (χ3v) is 9.56. The van der Waals surface area contributed by atoms with Crippen LogP contribution in [0.2, 0.25) is 0 Å². The quantitative estimate of drug-likeness (QED) is 0.217. The summed E-state index contributed by atoms with van der Waals surface area (Å²) in [5.41, 5.74) is 7.04. The Kier molecular flexibility index (Phi) is 6.45. The molecule has 0 radical (unpaired) electrons. The van der Waals surface area contributed by atoms with Gasteiger partial charge in [0, 0.05) is 72.6 Å². The van der Waals surface area contributed by atoms with Crippen LogP contribution < -0.4 is 9.64 Å². The standard InChI is InChI=1S/C36H35N9O3/c1-36(2,3)48-35(46)45-20-27-14-28(45)19-43(27)8-9-44-29-6-4-21(23-10-25-17-39-41-33(25)37-15-23)12-31(29)47-32-13-22(5-7-30(32)44)24-11-26-18-40-42-34(26)38-16-24/h4-7,10-13,15-18,27-28H,8-9,14,19-20H2,1-3H3,(H,37,39,41)(H,38,40,42)/t27-,28-/m1/s1. The maximum Gasteiger partial charge on any atom is 0.410 e. The van der Waals surface area contributed by atoms with Gasteiger partial charge in [0.2, 0.25) is 0 Å². The monoisotopic (exact) mass is 641 g/mol. The Morgan fingerprint density at radius 2 is 1.40 bits per heavy atom. The normalized spacial score (nSPS) is 18.7. The minimum atomic E-state index is -0.500. The van der Waals surface area contributed by atoms with Gasteiger partial charge in [0.1, 0.15) is 5.60 Å². The second-order valence-corrected chi connectivity index (χ2v) is 13.9. The minimum Gasteiger partial charge on any atom is -0.453 e. The lowest BCUT2D eigenvalue weighted by Gasteiger charge is -2.38. The number of H-pyrrole nitrogens is 2. The number of ether oxygens (including phenoxy) is 2. The van der Waals surface area contributed by atoms with Crippen molar-refractivity contribution >= 4 is 39.5 Å². The van der Waals surface area contributed by atoms with Crippen LogP contribution in [0.4, 0.5) is 16.2 Å². The second kappa shape index (κ2) is 10.8. The van der Waals surface area contributed by atoms with Crippen LogP contribution >= 0.6 is 0 Å². The number of piperazine rings is 1. The molecule has 6 aromatic rings. The number of anilines is 2. The van der Waals surface area contributed by atoms with E-state index in [-0.39, 0.29) is 12.1 Å². The lowest BCUT2D eigenvalue weighted by molar-refractivity contribution is 0.0132. The zero-order valence-corrected chi connectivity index (χ0v) is 27.0. The van der Waals surface area contributed by atoms with Gasteiger partial charge in [0.05, 0.1) is 23.8 Å². The van der Waals surface area contributed by atoms with Gasteiger partial charge in [-0.3, -0.25) is 15.1 Å². The van der Waals surface area contributed by atoms with Crippen LogP contribution in [0.25, 0.3) is 44.3 Å². The number of nitrogens with zero attached hydrogens (tertiary/aromatic N) is 7. The molecule has 4 aromatic heterocycles. The average molecular weight is 642 g/mol. The summed E-state index contributed by atoms with van der Waals surface area (Å²) in [6.07, 6.45) is 8.06. The lowest BCUT2D eigenvalue weighted by Crippen LogP contribution is -2.51. The Morgan fingerprint density at radius 3 is 1.94 bits per heavy atom. The number of aromatic nitrogens is 6. The molecule has 7 heterocycles. The first-order valence-corrected chi connectivity index (χ1v) is 16.3. The Balaban J connectivity index is 1.02. The largest absolute Gasteiger partial charge is 0.453 e. The van der Waals surface area contributed by atoms with Crippen LogP contribution in [0.5, 0.6) is 11.5 Å². The van der Waals surface area contributed by atoms with E-state index in [4.69, 9.17) is 9.47 Å². The van der Waals surface area contributed by atoms with E-state index in [2.05, 4.69) is 88.7 Å². The third kappa shape index (κ3) is 5.00. The molecule has 2 aromatic carbocycles. The molecular weight excluding hydrogens is 606 g/mol. The van der Waals surface area contributed by atoms with Gasteiger partial charge >= 0.3 is 6.09 Å². The van der Waals surface area contributed by atoms with Gasteiger partial charge in [-0.15, -0.1) is 0 Å². The van der Waals surface area contributed by atoms with Crippen molar-refractivity contribution in [2.75, 3.05) is 31.1 Å². The van der Waals surface area contributed by atoms with Crippen molar-refractivity contribution in [1.29, 1.82) is 0 Å². The summed E-state index contributed by atoms with van der Waals surface area (Å²) in [4.78, 5) is 28.7. The molecule has 2 atom stereocenters. The molecule has 3 aliphatic heterocycles. The number of likely N-dealkylation sites (tertiary alicyclic amines) is 2. The van der Waals surface area contributed by atoms with Gasteiger partial charge in [-0.05, 0) is 74.7 Å². The molecule has 12 heteroatoms. The van der Waals surface area contributed by atoms with E-state index in [1.165, 1.54) is 0 Å². The van der Waals surface area contributed by atoms with Crippen LogP contribution in [-0.2, 0) is 4.74 Å². The third-order valence-electron chi connectivity index (χ3n) is 9.56. The number of amides is 1. The number of aromatic amines is 2. The van der Waals surface area contributed by atoms with E-state index in [0.717, 1.165) is 93.2 Å². The molecular formula is C36H35N9O3. The van der Waals surface area contributed by atoms with Crippen molar-refractivity contribution in [2.45, 2.75) is 44.9 Å². The molecule has 48 heavy (non-hydrogen) atoms. The number of carbonyl (C=O) groups is 1. The Morgan fingerprint density at radius 1 is 0.792 bits per heavy atom. The summed E-state index contributed by atoms with van der Waals surface area (Å²) >= 11 is 0. The molecule has 3 aliphatic rings. The van der Waals surface area contributed by atoms with Gasteiger partial charge in [-0.2, -0.15) is 10.2 Å². The summed E-state index contributed by atoms with van der Waals surface area (Å²) < 4.78 is 12.4. The smallest absolute Gasteiger partial charge is 0.410 e. The van der Waals surface area contributed by atoms with E-state index in [0.29, 0.717) is 12.6 Å². The first-order valence-electron chi connectivity index (χ1n) is 16.3. The number of pyridine rings is 2. The summed E-state index contributed by atoms with van der Waals surface area (Å²) in [5, 5.41) is 16.0. The van der Waals surface area contributed by atoms with Crippen molar-refractivity contribution in [2.24, 2.45) is 0 Å². The topological polar surface area (TPSA) is 128 Å². The van der Waals surface area contributed by atoms with Gasteiger partial charge in [0.15, 0.2) is 22.8 Å². The number of hydrogen-bond acceptors (Lipinski definition) is 9. The summed E-state index contributed by atoms with van der Waals surface area (Å²) in [5.74, 6) is 1.57. The molecule has 0 saturated carbocycles. The van der Waals surface area contributed by atoms with Crippen LogP contribution in [0.3, 0.4) is 0 Å². The molecule has 2 fully saturated rings. The molecule has 12 nitrogen and oxygen atoms in total. The SMILES string of the molecule is CC(C)(C)OC(=O)N1C[C@H]2C[C@@H]1CN2CCN1c2ccc(-c3cnc4[nH]ncc4c3)cc2Oc2cc(-c3cnc4[nH]ncc4c3)ccc21. The van der Waals surface area contributed by atoms with Crippen molar-refractivity contribution < 1.29 is 14.3 Å². The fraction of sp³-hybridized carbons (Fsp3) is 0.306. The lowest BCUT2D eigenvalue weighted by atomic mass is 10.0. The van der Waals surface area contributed by atoms with Crippen molar-refractivity contribution in [3.05, 3.63) is 73.3 Å². The van der Waals surface area contributed by atoms with Crippen LogP contribution in [0.15, 0.2) is 73.3 Å². The van der Waals surface area contributed by atoms with Crippen molar-refractivity contribution in [3.63, 3.8) is 0 Å². The zero-order chi connectivity index (χ0) is 32.6. The van der Waals surface area contributed by atoms with Gasteiger partial charge in [-0.1, -0.05) is 12.1 Å². The second-order valence-electron chi connectivity index (χ2n) is 13.9. The van der Waals surface area contributed by atoms with E-state index in [1.807, 2.05) is 38.1 Å². The predicted octanol–water partition coefficient (Wildman–Crippen LogP) is 6.50. The molecule has 0 unspecified atom stereocenters. The molecule has 2 bridgehead atoms. The summed E-state index contributed by atoms with van der Waals surface area (Å²) in [6, 6.07) is 17.4. The molecule has 242 valence electrons. The number of hydrogen-bond donors (Lipinski definition) is 2. The van der Waals surface area contributed by atoms with E-state index >= 15 is 0 Å². The van der Waals surface area contributed by atoms with Crippen LogP contribution in [0, 0.1) is 0 Å². The maximum atomic E-state index is 12.8. The van der Waals surface area contributed by atoms with Crippen molar-refractivity contribution in [3.8, 4) is 33.8 Å².